The molecule has 0 radical (unpaired) electrons. The van der Waals surface area contributed by atoms with Crippen molar-refractivity contribution in [2.24, 2.45) is 0 Å². The van der Waals surface area contributed by atoms with Crippen molar-refractivity contribution in [2.75, 3.05) is 0 Å². The average molecular weight is 275 g/mol. The van der Waals surface area contributed by atoms with Crippen LogP contribution in [0.15, 0.2) is 15.6 Å². The molecular formula is C9H11BrN2O3. The Labute approximate surface area is 94.9 Å². The molecule has 1 heterocycles. The van der Waals surface area contributed by atoms with Crippen LogP contribution in [0.4, 0.5) is 0 Å². The highest BCUT2D eigenvalue weighted by Gasteiger charge is 2.05. The quantitative estimate of drug-likeness (QED) is 0.895. The Morgan fingerprint density at radius 1 is 1.67 bits per heavy atom. The van der Waals surface area contributed by atoms with Crippen molar-refractivity contribution in [3.8, 4) is 0 Å². The van der Waals surface area contributed by atoms with E-state index in [0.29, 0.717) is 23.1 Å². The van der Waals surface area contributed by atoms with Gasteiger partial charge in [-0.2, -0.15) is 0 Å². The summed E-state index contributed by atoms with van der Waals surface area (Å²) in [5.74, 6) is -0.859. The smallest absolute Gasteiger partial charge is 0.303 e. The van der Waals surface area contributed by atoms with Gasteiger partial charge in [-0.1, -0.05) is 0 Å². The van der Waals surface area contributed by atoms with Gasteiger partial charge in [0.25, 0.3) is 5.56 Å². The number of hydrogen-bond acceptors (Lipinski definition) is 3. The van der Waals surface area contributed by atoms with Crippen LogP contribution in [0, 0.1) is 6.92 Å². The van der Waals surface area contributed by atoms with Gasteiger partial charge in [0.1, 0.15) is 4.47 Å². The third kappa shape index (κ3) is 3.16. The molecule has 1 N–H and O–H groups in total. The maximum absolute atomic E-state index is 11.6. The zero-order chi connectivity index (χ0) is 11.4. The standard InChI is InChI=1S/C9H11BrN2O3/c1-6-8(10)9(15)12(5-11-6)4-2-3-7(13)14/h5H,2-4H2,1H3,(H,13,14). The van der Waals surface area contributed by atoms with E-state index in [9.17, 15) is 9.59 Å². The molecule has 0 atom stereocenters. The fourth-order valence-corrected chi connectivity index (χ4v) is 1.44. The number of carboxylic acid groups (broad SMARTS) is 1. The van der Waals surface area contributed by atoms with E-state index in [1.165, 1.54) is 10.9 Å². The second kappa shape index (κ2) is 5.06. The van der Waals surface area contributed by atoms with Crippen molar-refractivity contribution in [3.05, 3.63) is 26.8 Å². The number of aryl methyl sites for hydroxylation is 2. The van der Waals surface area contributed by atoms with Crippen molar-refractivity contribution in [1.82, 2.24) is 9.55 Å². The molecular weight excluding hydrogens is 264 g/mol. The lowest BCUT2D eigenvalue weighted by Crippen LogP contribution is -2.22. The maximum Gasteiger partial charge on any atom is 0.303 e. The van der Waals surface area contributed by atoms with Crippen molar-refractivity contribution < 1.29 is 9.90 Å². The van der Waals surface area contributed by atoms with Crippen LogP contribution in [0.2, 0.25) is 0 Å². The summed E-state index contributed by atoms with van der Waals surface area (Å²) in [4.78, 5) is 25.9. The van der Waals surface area contributed by atoms with Crippen LogP contribution in [-0.2, 0) is 11.3 Å². The first-order valence-corrected chi connectivity index (χ1v) is 5.25. The summed E-state index contributed by atoms with van der Waals surface area (Å²) in [6.45, 7) is 2.10. The van der Waals surface area contributed by atoms with E-state index < -0.39 is 5.97 Å². The topological polar surface area (TPSA) is 72.2 Å². The Kier molecular flexibility index (Phi) is 4.02. The molecule has 1 rings (SSSR count). The summed E-state index contributed by atoms with van der Waals surface area (Å²) in [6, 6.07) is 0. The molecule has 15 heavy (non-hydrogen) atoms. The fourth-order valence-electron chi connectivity index (χ4n) is 1.11. The lowest BCUT2D eigenvalue weighted by Gasteiger charge is -2.05. The van der Waals surface area contributed by atoms with Gasteiger partial charge in [0, 0.05) is 13.0 Å². The lowest BCUT2D eigenvalue weighted by atomic mass is 10.3. The van der Waals surface area contributed by atoms with Gasteiger partial charge in [-0.25, -0.2) is 4.98 Å². The van der Waals surface area contributed by atoms with E-state index in [1.54, 1.807) is 6.92 Å². The molecule has 82 valence electrons. The Hall–Kier alpha value is -1.17. The van der Waals surface area contributed by atoms with E-state index in [0.717, 1.165) is 0 Å². The molecule has 5 nitrogen and oxygen atoms in total. The summed E-state index contributed by atoms with van der Waals surface area (Å²) in [5, 5.41) is 8.45. The largest absolute Gasteiger partial charge is 0.481 e. The second-order valence-electron chi connectivity index (χ2n) is 3.14. The van der Waals surface area contributed by atoms with Crippen molar-refractivity contribution in [1.29, 1.82) is 0 Å². The van der Waals surface area contributed by atoms with Crippen LogP contribution < -0.4 is 5.56 Å². The third-order valence-corrected chi connectivity index (χ3v) is 2.86. The van der Waals surface area contributed by atoms with Gasteiger partial charge in [0.15, 0.2) is 0 Å². The van der Waals surface area contributed by atoms with Gasteiger partial charge in [0.05, 0.1) is 12.0 Å². The molecule has 1 aromatic rings. The number of carboxylic acids is 1. The summed E-state index contributed by atoms with van der Waals surface area (Å²) in [7, 11) is 0. The van der Waals surface area contributed by atoms with Crippen LogP contribution in [0.25, 0.3) is 0 Å². The predicted molar refractivity (Wildman–Crippen MR) is 57.8 cm³/mol. The lowest BCUT2D eigenvalue weighted by molar-refractivity contribution is -0.137. The highest BCUT2D eigenvalue weighted by Crippen LogP contribution is 2.06. The highest BCUT2D eigenvalue weighted by molar-refractivity contribution is 9.10. The first-order chi connectivity index (χ1) is 7.02. The number of aliphatic carboxylic acids is 1. The minimum atomic E-state index is -0.859. The molecule has 0 aliphatic rings. The number of rotatable bonds is 4. The molecule has 0 amide bonds. The summed E-state index contributed by atoms with van der Waals surface area (Å²) < 4.78 is 1.83. The fraction of sp³-hybridized carbons (Fsp3) is 0.444. The molecule has 0 spiro atoms. The minimum absolute atomic E-state index is 0.0535. The molecule has 1 aromatic heterocycles. The van der Waals surface area contributed by atoms with Crippen molar-refractivity contribution >= 4 is 21.9 Å². The molecule has 0 saturated heterocycles. The van der Waals surface area contributed by atoms with Gasteiger partial charge in [-0.05, 0) is 29.3 Å². The highest BCUT2D eigenvalue weighted by atomic mass is 79.9. The van der Waals surface area contributed by atoms with Crippen LogP contribution in [0.5, 0.6) is 0 Å². The molecule has 6 heteroatoms. The number of carbonyl (C=O) groups is 1. The number of halogens is 1. The number of aromatic nitrogens is 2. The van der Waals surface area contributed by atoms with Gasteiger partial charge >= 0.3 is 5.97 Å². The van der Waals surface area contributed by atoms with Gasteiger partial charge in [-0.3, -0.25) is 14.2 Å². The molecule has 0 aromatic carbocycles. The third-order valence-electron chi connectivity index (χ3n) is 1.95. The molecule has 0 unspecified atom stereocenters. The Morgan fingerprint density at radius 2 is 2.33 bits per heavy atom. The zero-order valence-electron chi connectivity index (χ0n) is 8.23. The van der Waals surface area contributed by atoms with Gasteiger partial charge < -0.3 is 5.11 Å². The minimum Gasteiger partial charge on any atom is -0.481 e. The van der Waals surface area contributed by atoms with Crippen LogP contribution in [0.3, 0.4) is 0 Å². The Bertz CT molecular complexity index is 428. The number of hydrogen-bond donors (Lipinski definition) is 1. The maximum atomic E-state index is 11.6. The first kappa shape index (κ1) is 11.9. The van der Waals surface area contributed by atoms with Crippen molar-refractivity contribution in [2.45, 2.75) is 26.3 Å². The van der Waals surface area contributed by atoms with Crippen molar-refractivity contribution in [3.63, 3.8) is 0 Å². The van der Waals surface area contributed by atoms with E-state index in [1.807, 2.05) is 0 Å². The van der Waals surface area contributed by atoms with Gasteiger partial charge in [0.2, 0.25) is 0 Å². The van der Waals surface area contributed by atoms with Gasteiger partial charge in [-0.15, -0.1) is 0 Å². The van der Waals surface area contributed by atoms with Crippen LogP contribution in [0.1, 0.15) is 18.5 Å². The molecule has 0 aliphatic carbocycles. The Morgan fingerprint density at radius 3 is 2.93 bits per heavy atom. The first-order valence-electron chi connectivity index (χ1n) is 4.45. The molecule has 0 aliphatic heterocycles. The summed E-state index contributed by atoms with van der Waals surface area (Å²) in [6.07, 6.45) is 1.91. The number of nitrogens with zero attached hydrogens (tertiary/aromatic N) is 2. The van der Waals surface area contributed by atoms with Crippen LogP contribution in [-0.4, -0.2) is 20.6 Å². The summed E-state index contributed by atoms with van der Waals surface area (Å²) in [5.41, 5.74) is 0.461. The monoisotopic (exact) mass is 274 g/mol. The molecule has 0 bridgehead atoms. The second-order valence-corrected chi connectivity index (χ2v) is 3.93. The zero-order valence-corrected chi connectivity index (χ0v) is 9.82. The summed E-state index contributed by atoms with van der Waals surface area (Å²) >= 11 is 3.14. The Balaban J connectivity index is 2.75. The molecule has 0 saturated carbocycles. The average Bonchev–Trinajstić information content (AvgIpc) is 2.18. The van der Waals surface area contributed by atoms with E-state index in [2.05, 4.69) is 20.9 Å². The predicted octanol–water partition coefficient (Wildman–Crippen LogP) is 1.18. The van der Waals surface area contributed by atoms with Crippen LogP contribution >= 0.6 is 15.9 Å². The van der Waals surface area contributed by atoms with E-state index >= 15 is 0 Å². The normalized spacial score (nSPS) is 10.3. The SMILES string of the molecule is Cc1ncn(CCCC(=O)O)c(=O)c1Br. The van der Waals surface area contributed by atoms with E-state index in [4.69, 9.17) is 5.11 Å². The van der Waals surface area contributed by atoms with E-state index in [-0.39, 0.29) is 12.0 Å². The molecule has 0 fully saturated rings.